The second-order valence-corrected chi connectivity index (χ2v) is 5.75. The Morgan fingerprint density at radius 1 is 1.20 bits per heavy atom. The lowest BCUT2D eigenvalue weighted by molar-refractivity contribution is -0.127. The number of benzene rings is 1. The van der Waals surface area contributed by atoms with Gasteiger partial charge in [0.2, 0.25) is 5.91 Å². The predicted octanol–water partition coefficient (Wildman–Crippen LogP) is 2.03. The molecule has 0 atom stereocenters. The monoisotopic (exact) mass is 352 g/mol. The minimum absolute atomic E-state index is 0.239. The van der Waals surface area contributed by atoms with Gasteiger partial charge in [-0.2, -0.15) is 0 Å². The summed E-state index contributed by atoms with van der Waals surface area (Å²) in [5.74, 6) is -3.06. The number of fused-ring (bicyclic) bond motifs is 1. The van der Waals surface area contributed by atoms with Crippen LogP contribution in [-0.2, 0) is 24.3 Å². The predicted molar refractivity (Wildman–Crippen MR) is 80.9 cm³/mol. The third kappa shape index (κ3) is 3.49. The number of aryl methyl sites for hydroxylation is 1. The molecule has 1 N–H and O–H groups in total. The maximum atomic E-state index is 13.6. The largest absolute Gasteiger partial charge is 0.512 e. The molecule has 0 radical (unpaired) electrons. The maximum Gasteiger partial charge on any atom is 0.250 e. The number of carbonyl (C=O) groups is 1. The van der Waals surface area contributed by atoms with E-state index in [2.05, 4.69) is 10.2 Å². The second-order valence-electron chi connectivity index (χ2n) is 5.75. The zero-order valence-corrected chi connectivity index (χ0v) is 13.3. The van der Waals surface area contributed by atoms with Gasteiger partial charge in [-0.15, -0.1) is 10.2 Å². The van der Waals surface area contributed by atoms with E-state index in [4.69, 9.17) is 0 Å². The Morgan fingerprint density at radius 2 is 1.92 bits per heavy atom. The zero-order chi connectivity index (χ0) is 18.1. The van der Waals surface area contributed by atoms with Gasteiger partial charge in [-0.3, -0.25) is 4.79 Å². The normalized spacial score (nSPS) is 14.6. The van der Waals surface area contributed by atoms with Crippen molar-refractivity contribution in [3.8, 4) is 0 Å². The van der Waals surface area contributed by atoms with Crippen LogP contribution in [0.1, 0.15) is 17.2 Å². The summed E-state index contributed by atoms with van der Waals surface area (Å²) in [5.41, 5.74) is -0.241. The fourth-order valence-corrected chi connectivity index (χ4v) is 2.67. The fourth-order valence-electron chi connectivity index (χ4n) is 2.67. The molecule has 25 heavy (non-hydrogen) atoms. The molecule has 0 aliphatic carbocycles. The van der Waals surface area contributed by atoms with Crippen LogP contribution in [0.3, 0.4) is 0 Å². The molecule has 0 spiro atoms. The topological polar surface area (TPSA) is 71.2 Å². The first-order valence-electron chi connectivity index (χ1n) is 7.55. The summed E-state index contributed by atoms with van der Waals surface area (Å²) in [6.45, 7) is 3.00. The van der Waals surface area contributed by atoms with Gasteiger partial charge in [-0.05, 0) is 18.6 Å². The molecule has 2 heterocycles. The molecule has 2 aromatic rings. The summed E-state index contributed by atoms with van der Waals surface area (Å²) in [6, 6.07) is 1.06. The third-order valence-corrected chi connectivity index (χ3v) is 4.00. The fraction of sp³-hybridized carbons (Fsp3) is 0.312. The average Bonchev–Trinajstić information content (AvgIpc) is 2.93. The third-order valence-electron chi connectivity index (χ3n) is 4.00. The first-order valence-corrected chi connectivity index (χ1v) is 7.55. The van der Waals surface area contributed by atoms with E-state index in [1.165, 1.54) is 4.90 Å². The van der Waals surface area contributed by atoms with Crippen LogP contribution in [0.4, 0.5) is 13.2 Å². The molecule has 0 saturated carbocycles. The number of hydrogen-bond acceptors (Lipinski definition) is 4. The first kappa shape index (κ1) is 17.0. The van der Waals surface area contributed by atoms with Gasteiger partial charge < -0.3 is 14.6 Å². The lowest BCUT2D eigenvalue weighted by Gasteiger charge is -2.26. The van der Waals surface area contributed by atoms with E-state index in [9.17, 15) is 23.1 Å². The molecule has 132 valence electrons. The van der Waals surface area contributed by atoms with Gasteiger partial charge in [0.1, 0.15) is 17.4 Å². The summed E-state index contributed by atoms with van der Waals surface area (Å²) >= 11 is 0. The SMILES string of the molecule is Cc1nnc2n1CCN(C(=O)C=C(O)Cc1cc(F)c(F)cc1F)C2. The van der Waals surface area contributed by atoms with Gasteiger partial charge in [0, 0.05) is 31.7 Å². The molecule has 1 amide bonds. The zero-order valence-electron chi connectivity index (χ0n) is 13.3. The Balaban J connectivity index is 1.70. The van der Waals surface area contributed by atoms with Crippen LogP contribution in [0, 0.1) is 24.4 Å². The molecule has 6 nitrogen and oxygen atoms in total. The van der Waals surface area contributed by atoms with E-state index in [1.54, 1.807) is 0 Å². The average molecular weight is 352 g/mol. The van der Waals surface area contributed by atoms with Crippen LogP contribution in [-0.4, -0.2) is 37.2 Å². The van der Waals surface area contributed by atoms with Crippen molar-refractivity contribution in [3.05, 3.63) is 58.6 Å². The van der Waals surface area contributed by atoms with E-state index < -0.39 is 35.5 Å². The van der Waals surface area contributed by atoms with E-state index in [1.807, 2.05) is 11.5 Å². The Kier molecular flexibility index (Phi) is 4.47. The minimum Gasteiger partial charge on any atom is -0.512 e. The maximum absolute atomic E-state index is 13.6. The Hall–Kier alpha value is -2.84. The van der Waals surface area contributed by atoms with E-state index >= 15 is 0 Å². The number of aliphatic hydroxyl groups excluding tert-OH is 1. The number of rotatable bonds is 3. The summed E-state index contributed by atoms with van der Waals surface area (Å²) in [4.78, 5) is 13.7. The molecular weight excluding hydrogens is 337 g/mol. The van der Waals surface area contributed by atoms with Crippen LogP contribution in [0.25, 0.3) is 0 Å². The molecule has 0 fully saturated rings. The highest BCUT2D eigenvalue weighted by atomic mass is 19.2. The highest BCUT2D eigenvalue weighted by Crippen LogP contribution is 2.17. The van der Waals surface area contributed by atoms with Crippen molar-refractivity contribution in [1.82, 2.24) is 19.7 Å². The van der Waals surface area contributed by atoms with Crippen molar-refractivity contribution in [2.75, 3.05) is 6.54 Å². The van der Waals surface area contributed by atoms with Gasteiger partial charge in [-0.1, -0.05) is 0 Å². The first-order chi connectivity index (χ1) is 11.8. The molecule has 0 bridgehead atoms. The Bertz CT molecular complexity index is 863. The molecule has 1 aliphatic heterocycles. The molecule has 0 unspecified atom stereocenters. The molecule has 1 aromatic carbocycles. The van der Waals surface area contributed by atoms with Gasteiger partial charge in [0.25, 0.3) is 0 Å². The molecule has 1 aromatic heterocycles. The van der Waals surface area contributed by atoms with Gasteiger partial charge in [-0.25, -0.2) is 13.2 Å². The number of aliphatic hydroxyl groups is 1. The van der Waals surface area contributed by atoms with Crippen molar-refractivity contribution in [2.24, 2.45) is 0 Å². The van der Waals surface area contributed by atoms with Crippen molar-refractivity contribution >= 4 is 5.91 Å². The van der Waals surface area contributed by atoms with Gasteiger partial charge >= 0.3 is 0 Å². The number of aromatic nitrogens is 3. The van der Waals surface area contributed by atoms with Crippen LogP contribution in [0.2, 0.25) is 0 Å². The van der Waals surface area contributed by atoms with Crippen molar-refractivity contribution < 1.29 is 23.1 Å². The van der Waals surface area contributed by atoms with Crippen LogP contribution in [0.15, 0.2) is 24.0 Å². The highest BCUT2D eigenvalue weighted by molar-refractivity contribution is 5.88. The highest BCUT2D eigenvalue weighted by Gasteiger charge is 2.22. The molecule has 1 aliphatic rings. The number of nitrogens with zero attached hydrogens (tertiary/aromatic N) is 4. The minimum atomic E-state index is -1.31. The summed E-state index contributed by atoms with van der Waals surface area (Å²) in [6.07, 6.45) is 0.525. The standard InChI is InChI=1S/C16H15F3N4O2/c1-9-20-21-15-8-22(2-3-23(9)15)16(25)6-11(24)4-10-5-13(18)14(19)7-12(10)17/h5-7,24H,2-4,8H2,1H3. The number of carbonyl (C=O) groups excluding carboxylic acids is 1. The van der Waals surface area contributed by atoms with Gasteiger partial charge in [0.15, 0.2) is 17.5 Å². The quantitative estimate of drug-likeness (QED) is 0.521. The molecule has 9 heteroatoms. The van der Waals surface area contributed by atoms with E-state index in [-0.39, 0.29) is 12.1 Å². The van der Waals surface area contributed by atoms with Crippen molar-refractivity contribution in [3.63, 3.8) is 0 Å². The number of hydrogen-bond donors (Lipinski definition) is 1. The van der Waals surface area contributed by atoms with Crippen LogP contribution < -0.4 is 0 Å². The molecule has 3 rings (SSSR count). The summed E-state index contributed by atoms with van der Waals surface area (Å²) < 4.78 is 41.6. The van der Waals surface area contributed by atoms with E-state index in [0.29, 0.717) is 31.0 Å². The summed E-state index contributed by atoms with van der Waals surface area (Å²) in [7, 11) is 0. The molecule has 0 saturated heterocycles. The van der Waals surface area contributed by atoms with Crippen LogP contribution in [0.5, 0.6) is 0 Å². The number of allylic oxidation sites excluding steroid dienone is 1. The number of halogens is 3. The Labute approximate surface area is 141 Å². The van der Waals surface area contributed by atoms with Crippen LogP contribution >= 0.6 is 0 Å². The van der Waals surface area contributed by atoms with Gasteiger partial charge in [0.05, 0.1) is 6.54 Å². The van der Waals surface area contributed by atoms with Crippen molar-refractivity contribution in [1.29, 1.82) is 0 Å². The summed E-state index contributed by atoms with van der Waals surface area (Å²) in [5, 5.41) is 17.8. The van der Waals surface area contributed by atoms with Crippen molar-refractivity contribution in [2.45, 2.75) is 26.4 Å². The number of amides is 1. The Morgan fingerprint density at radius 3 is 2.68 bits per heavy atom. The smallest absolute Gasteiger partial charge is 0.250 e. The molecular formula is C16H15F3N4O2. The van der Waals surface area contributed by atoms with E-state index in [0.717, 1.165) is 11.9 Å². The lowest BCUT2D eigenvalue weighted by atomic mass is 10.1. The second kappa shape index (κ2) is 6.58. The lowest BCUT2D eigenvalue weighted by Crippen LogP contribution is -2.38.